The van der Waals surface area contributed by atoms with E-state index in [4.69, 9.17) is 25.8 Å². The summed E-state index contributed by atoms with van der Waals surface area (Å²) in [5.41, 5.74) is 1.42. The van der Waals surface area contributed by atoms with Crippen molar-refractivity contribution in [3.8, 4) is 17.2 Å². The Morgan fingerprint density at radius 3 is 2.21 bits per heavy atom. The molecular formula is C24H25ClN2O6S. The molecule has 0 radical (unpaired) electrons. The van der Waals surface area contributed by atoms with Crippen molar-refractivity contribution < 1.29 is 27.4 Å². The average molecular weight is 505 g/mol. The maximum atomic E-state index is 13.0. The predicted octanol–water partition coefficient (Wildman–Crippen LogP) is 4.14. The number of sulfonamides is 1. The number of ether oxygens (including phenoxy) is 3. The first kappa shape index (κ1) is 25.4. The number of carbonyl (C=O) groups excluding carboxylic acids is 1. The SMILES string of the molecule is COc1cc(NC(=O)c2ccc(OC)c(S(=O)(=O)NCCc3ccccc3)c2)c(OC)cc1Cl. The molecular weight excluding hydrogens is 480 g/mol. The van der Waals surface area contributed by atoms with E-state index in [0.717, 1.165) is 5.56 Å². The van der Waals surface area contributed by atoms with Gasteiger partial charge in [0.2, 0.25) is 10.0 Å². The molecule has 3 aromatic carbocycles. The summed E-state index contributed by atoms with van der Waals surface area (Å²) in [4.78, 5) is 12.8. The predicted molar refractivity (Wildman–Crippen MR) is 131 cm³/mol. The first-order chi connectivity index (χ1) is 16.3. The number of nitrogens with one attached hydrogen (secondary N) is 2. The van der Waals surface area contributed by atoms with E-state index in [1.54, 1.807) is 0 Å². The minimum Gasteiger partial charge on any atom is -0.495 e. The van der Waals surface area contributed by atoms with Crippen molar-refractivity contribution in [1.82, 2.24) is 4.72 Å². The third kappa shape index (κ3) is 5.99. The summed E-state index contributed by atoms with van der Waals surface area (Å²) in [7, 11) is 0.302. The van der Waals surface area contributed by atoms with Gasteiger partial charge < -0.3 is 19.5 Å². The first-order valence-corrected chi connectivity index (χ1v) is 12.1. The van der Waals surface area contributed by atoms with Crippen molar-refractivity contribution >= 4 is 33.2 Å². The standard InChI is InChI=1S/C24H25ClN2O6S/c1-31-20-10-9-17(24(28)27-19-15-21(32-2)18(25)14-22(19)33-3)13-23(20)34(29,30)26-12-11-16-7-5-4-6-8-16/h4-10,13-15,26H,11-12H2,1-3H3,(H,27,28). The van der Waals surface area contributed by atoms with Crippen molar-refractivity contribution in [2.75, 3.05) is 33.2 Å². The van der Waals surface area contributed by atoms with Gasteiger partial charge in [-0.15, -0.1) is 0 Å². The Hall–Kier alpha value is -3.27. The fraction of sp³-hybridized carbons (Fsp3) is 0.208. The van der Waals surface area contributed by atoms with Crippen LogP contribution in [0.5, 0.6) is 17.2 Å². The van der Waals surface area contributed by atoms with Crippen LogP contribution in [0.3, 0.4) is 0 Å². The van der Waals surface area contributed by atoms with Crippen LogP contribution in [0.1, 0.15) is 15.9 Å². The minimum atomic E-state index is -3.95. The minimum absolute atomic E-state index is 0.111. The summed E-state index contributed by atoms with van der Waals surface area (Å²) in [6.45, 7) is 0.188. The second-order valence-electron chi connectivity index (χ2n) is 7.14. The van der Waals surface area contributed by atoms with Gasteiger partial charge in [-0.2, -0.15) is 0 Å². The highest BCUT2D eigenvalue weighted by atomic mass is 35.5. The van der Waals surface area contributed by atoms with Crippen LogP contribution < -0.4 is 24.2 Å². The molecule has 0 bridgehead atoms. The van der Waals surface area contributed by atoms with Crippen LogP contribution in [0.15, 0.2) is 65.6 Å². The third-order valence-electron chi connectivity index (χ3n) is 4.99. The average Bonchev–Trinajstić information content (AvgIpc) is 2.84. The van der Waals surface area contributed by atoms with Crippen molar-refractivity contribution in [1.29, 1.82) is 0 Å². The van der Waals surface area contributed by atoms with Gasteiger partial charge in [0.1, 0.15) is 22.1 Å². The van der Waals surface area contributed by atoms with Crippen LogP contribution in [0, 0.1) is 0 Å². The topological polar surface area (TPSA) is 103 Å². The number of halogens is 1. The fourth-order valence-corrected chi connectivity index (χ4v) is 4.69. The molecule has 0 saturated carbocycles. The molecule has 10 heteroatoms. The number of hydrogen-bond donors (Lipinski definition) is 2. The van der Waals surface area contributed by atoms with Gasteiger partial charge in [-0.1, -0.05) is 41.9 Å². The Labute approximate surface area is 203 Å². The molecule has 0 fully saturated rings. The lowest BCUT2D eigenvalue weighted by Crippen LogP contribution is -2.27. The number of hydrogen-bond acceptors (Lipinski definition) is 6. The van der Waals surface area contributed by atoms with Gasteiger partial charge in [0.25, 0.3) is 5.91 Å². The second-order valence-corrected chi connectivity index (χ2v) is 9.28. The number of benzene rings is 3. The molecule has 0 saturated heterocycles. The molecule has 0 aliphatic carbocycles. The lowest BCUT2D eigenvalue weighted by molar-refractivity contribution is 0.102. The summed E-state index contributed by atoms with van der Waals surface area (Å²) in [5, 5.41) is 3.02. The summed E-state index contributed by atoms with van der Waals surface area (Å²) in [6.07, 6.45) is 0.515. The first-order valence-electron chi connectivity index (χ1n) is 10.2. The number of methoxy groups -OCH3 is 3. The van der Waals surface area contributed by atoms with E-state index in [9.17, 15) is 13.2 Å². The maximum Gasteiger partial charge on any atom is 0.255 e. The van der Waals surface area contributed by atoms with Gasteiger partial charge in [-0.3, -0.25) is 4.79 Å². The molecule has 1 amide bonds. The van der Waals surface area contributed by atoms with E-state index in [0.29, 0.717) is 28.6 Å². The Morgan fingerprint density at radius 1 is 0.882 bits per heavy atom. The molecule has 3 aromatic rings. The molecule has 2 N–H and O–H groups in total. The molecule has 0 unspecified atom stereocenters. The van der Waals surface area contributed by atoms with Crippen molar-refractivity contribution in [3.05, 3.63) is 76.8 Å². The molecule has 0 aliphatic heterocycles. The number of rotatable bonds is 10. The van der Waals surface area contributed by atoms with Crippen LogP contribution >= 0.6 is 11.6 Å². The molecule has 0 aromatic heterocycles. The van der Waals surface area contributed by atoms with E-state index in [1.807, 2.05) is 30.3 Å². The fourth-order valence-electron chi connectivity index (χ4n) is 3.23. The zero-order chi connectivity index (χ0) is 24.7. The number of anilines is 1. The Bertz CT molecular complexity index is 1270. The van der Waals surface area contributed by atoms with Crippen molar-refractivity contribution in [3.63, 3.8) is 0 Å². The Kier molecular flexibility index (Phi) is 8.38. The maximum absolute atomic E-state index is 13.0. The van der Waals surface area contributed by atoms with Gasteiger partial charge in [0, 0.05) is 24.2 Å². The highest BCUT2D eigenvalue weighted by molar-refractivity contribution is 7.89. The highest BCUT2D eigenvalue weighted by Gasteiger charge is 2.22. The largest absolute Gasteiger partial charge is 0.495 e. The van der Waals surface area contributed by atoms with E-state index >= 15 is 0 Å². The molecule has 8 nitrogen and oxygen atoms in total. The zero-order valence-corrected chi connectivity index (χ0v) is 20.5. The number of carbonyl (C=O) groups is 1. The molecule has 180 valence electrons. The molecule has 3 rings (SSSR count). The van der Waals surface area contributed by atoms with Crippen LogP contribution in [0.25, 0.3) is 0 Å². The zero-order valence-electron chi connectivity index (χ0n) is 18.9. The number of amides is 1. The Balaban J connectivity index is 1.83. The lowest BCUT2D eigenvalue weighted by atomic mass is 10.2. The van der Waals surface area contributed by atoms with Gasteiger partial charge in [-0.05, 0) is 30.2 Å². The Morgan fingerprint density at radius 2 is 1.56 bits per heavy atom. The van der Waals surface area contributed by atoms with Crippen molar-refractivity contribution in [2.24, 2.45) is 0 Å². The van der Waals surface area contributed by atoms with Crippen LogP contribution in [0.2, 0.25) is 5.02 Å². The summed E-state index contributed by atoms with van der Waals surface area (Å²) >= 11 is 6.11. The van der Waals surface area contributed by atoms with Crippen LogP contribution in [-0.4, -0.2) is 42.2 Å². The van der Waals surface area contributed by atoms with Gasteiger partial charge in [0.05, 0.1) is 32.0 Å². The van der Waals surface area contributed by atoms with E-state index in [2.05, 4.69) is 10.0 Å². The summed E-state index contributed by atoms with van der Waals surface area (Å²) < 4.78 is 44.2. The van der Waals surface area contributed by atoms with E-state index in [-0.39, 0.29) is 22.8 Å². The van der Waals surface area contributed by atoms with Crippen LogP contribution in [-0.2, 0) is 16.4 Å². The van der Waals surface area contributed by atoms with Crippen molar-refractivity contribution in [2.45, 2.75) is 11.3 Å². The summed E-state index contributed by atoms with van der Waals surface area (Å²) in [5.74, 6) is 0.238. The lowest BCUT2D eigenvalue weighted by Gasteiger charge is -2.15. The highest BCUT2D eigenvalue weighted by Crippen LogP contribution is 2.36. The molecule has 0 spiro atoms. The summed E-state index contributed by atoms with van der Waals surface area (Å²) in [6, 6.07) is 16.7. The molecule has 0 aliphatic rings. The van der Waals surface area contributed by atoms with E-state index in [1.165, 1.54) is 51.7 Å². The molecule has 34 heavy (non-hydrogen) atoms. The smallest absolute Gasteiger partial charge is 0.255 e. The molecule has 0 heterocycles. The second kappa shape index (κ2) is 11.2. The normalized spacial score (nSPS) is 11.1. The van der Waals surface area contributed by atoms with Gasteiger partial charge >= 0.3 is 0 Å². The quantitative estimate of drug-likeness (QED) is 0.430. The van der Waals surface area contributed by atoms with Crippen LogP contribution in [0.4, 0.5) is 5.69 Å². The third-order valence-corrected chi connectivity index (χ3v) is 6.76. The molecule has 0 atom stereocenters. The van der Waals surface area contributed by atoms with E-state index < -0.39 is 15.9 Å². The van der Waals surface area contributed by atoms with Gasteiger partial charge in [0.15, 0.2) is 0 Å². The van der Waals surface area contributed by atoms with Gasteiger partial charge in [-0.25, -0.2) is 13.1 Å². The monoisotopic (exact) mass is 504 g/mol.